The van der Waals surface area contributed by atoms with Crippen molar-refractivity contribution in [2.75, 3.05) is 0 Å². The molecular formula is C18H24F2N4. The molecule has 2 aromatic rings. The number of nitrogens with zero attached hydrogens (tertiary/aromatic N) is 3. The Morgan fingerprint density at radius 1 is 1.21 bits per heavy atom. The van der Waals surface area contributed by atoms with Crippen LogP contribution in [0.5, 0.6) is 0 Å². The summed E-state index contributed by atoms with van der Waals surface area (Å²) in [7, 11) is 0. The minimum Gasteiger partial charge on any atom is -0.301 e. The normalized spacial score (nSPS) is 17.4. The van der Waals surface area contributed by atoms with Gasteiger partial charge in [-0.3, -0.25) is 0 Å². The molecule has 0 unspecified atom stereocenters. The Morgan fingerprint density at radius 2 is 1.92 bits per heavy atom. The van der Waals surface area contributed by atoms with Gasteiger partial charge in [0, 0.05) is 23.7 Å². The molecule has 0 bridgehead atoms. The van der Waals surface area contributed by atoms with E-state index in [1.807, 2.05) is 10.9 Å². The lowest BCUT2D eigenvalue weighted by molar-refractivity contribution is 0.323. The molecule has 0 amide bonds. The van der Waals surface area contributed by atoms with Crippen LogP contribution in [0, 0.1) is 11.6 Å². The lowest BCUT2D eigenvalue weighted by Gasteiger charge is -2.31. The maximum Gasteiger partial charge on any atom is 0.131 e. The van der Waals surface area contributed by atoms with Gasteiger partial charge in [-0.2, -0.15) is 0 Å². The number of rotatable bonds is 4. The molecule has 6 heteroatoms. The Hall–Kier alpha value is -1.82. The summed E-state index contributed by atoms with van der Waals surface area (Å²) in [5.41, 5.74) is 0.783. The lowest BCUT2D eigenvalue weighted by Crippen LogP contribution is -2.40. The van der Waals surface area contributed by atoms with Crippen LogP contribution < -0.4 is 5.32 Å². The summed E-state index contributed by atoms with van der Waals surface area (Å²) in [5.74, 6) is -1.03. The molecule has 0 spiro atoms. The second-order valence-corrected chi connectivity index (χ2v) is 7.59. The molecule has 0 radical (unpaired) electrons. The van der Waals surface area contributed by atoms with E-state index in [0.717, 1.165) is 37.4 Å². The molecule has 0 atom stereocenters. The molecule has 1 N–H and O–H groups in total. The first kappa shape index (κ1) is 17.0. The lowest BCUT2D eigenvalue weighted by atomic mass is 9.87. The number of hydrogen-bond donors (Lipinski definition) is 1. The molecular weight excluding hydrogens is 310 g/mol. The van der Waals surface area contributed by atoms with E-state index < -0.39 is 17.2 Å². The van der Waals surface area contributed by atoms with E-state index in [2.05, 4.69) is 36.4 Å². The van der Waals surface area contributed by atoms with E-state index in [1.165, 1.54) is 6.07 Å². The van der Waals surface area contributed by atoms with Crippen LogP contribution in [0.3, 0.4) is 0 Å². The van der Waals surface area contributed by atoms with Crippen LogP contribution in [0.25, 0.3) is 0 Å². The number of benzene rings is 1. The van der Waals surface area contributed by atoms with Crippen molar-refractivity contribution in [3.63, 3.8) is 0 Å². The van der Waals surface area contributed by atoms with E-state index in [4.69, 9.17) is 0 Å². The van der Waals surface area contributed by atoms with Crippen LogP contribution in [-0.4, -0.2) is 15.0 Å². The molecule has 1 heterocycles. The summed E-state index contributed by atoms with van der Waals surface area (Å²) < 4.78 is 29.4. The van der Waals surface area contributed by atoms with Crippen molar-refractivity contribution in [2.45, 2.75) is 64.1 Å². The van der Waals surface area contributed by atoms with Crippen LogP contribution in [-0.2, 0) is 17.6 Å². The smallest absolute Gasteiger partial charge is 0.131 e. The predicted molar refractivity (Wildman–Crippen MR) is 88.4 cm³/mol. The van der Waals surface area contributed by atoms with Crippen molar-refractivity contribution in [2.24, 2.45) is 0 Å². The zero-order chi connectivity index (χ0) is 17.4. The summed E-state index contributed by atoms with van der Waals surface area (Å²) in [4.78, 5) is 0. The van der Waals surface area contributed by atoms with Gasteiger partial charge in [-0.1, -0.05) is 24.1 Å². The van der Waals surface area contributed by atoms with Crippen molar-refractivity contribution < 1.29 is 8.78 Å². The van der Waals surface area contributed by atoms with E-state index in [-0.39, 0.29) is 5.54 Å². The topological polar surface area (TPSA) is 42.7 Å². The van der Waals surface area contributed by atoms with E-state index in [0.29, 0.717) is 12.1 Å². The van der Waals surface area contributed by atoms with Gasteiger partial charge in [0.1, 0.15) is 11.6 Å². The van der Waals surface area contributed by atoms with Crippen molar-refractivity contribution in [1.82, 2.24) is 20.3 Å². The van der Waals surface area contributed by atoms with E-state index in [1.54, 1.807) is 6.07 Å². The Bertz CT molecular complexity index is 712. The van der Waals surface area contributed by atoms with Gasteiger partial charge >= 0.3 is 0 Å². The quantitative estimate of drug-likeness (QED) is 0.923. The highest BCUT2D eigenvalue weighted by molar-refractivity contribution is 5.28. The Labute approximate surface area is 141 Å². The first-order valence-corrected chi connectivity index (χ1v) is 8.42. The summed E-state index contributed by atoms with van der Waals surface area (Å²) in [6, 6.07) is 3.86. The predicted octanol–water partition coefficient (Wildman–Crippen LogP) is 3.87. The van der Waals surface area contributed by atoms with Crippen molar-refractivity contribution in [3.05, 3.63) is 47.3 Å². The average Bonchev–Trinajstić information content (AvgIpc) is 3.14. The molecule has 4 nitrogen and oxygen atoms in total. The molecule has 3 rings (SSSR count). The molecule has 1 aromatic carbocycles. The van der Waals surface area contributed by atoms with Gasteiger partial charge in [0.2, 0.25) is 0 Å². The number of nitrogens with one attached hydrogen (secondary N) is 1. The van der Waals surface area contributed by atoms with Gasteiger partial charge in [-0.15, -0.1) is 5.10 Å². The molecule has 130 valence electrons. The third-order valence-electron chi connectivity index (χ3n) is 4.74. The fraction of sp³-hybridized carbons (Fsp3) is 0.556. The fourth-order valence-corrected chi connectivity index (χ4v) is 3.36. The highest BCUT2D eigenvalue weighted by atomic mass is 19.1. The van der Waals surface area contributed by atoms with Gasteiger partial charge < -0.3 is 5.32 Å². The number of aromatic nitrogens is 3. The second kappa shape index (κ2) is 6.24. The van der Waals surface area contributed by atoms with Crippen molar-refractivity contribution >= 4 is 0 Å². The van der Waals surface area contributed by atoms with Gasteiger partial charge in [0.25, 0.3) is 0 Å². The second-order valence-electron chi connectivity index (χ2n) is 7.59. The first-order chi connectivity index (χ1) is 11.3. The van der Waals surface area contributed by atoms with Crippen LogP contribution in [0.15, 0.2) is 24.4 Å². The number of hydrogen-bond acceptors (Lipinski definition) is 3. The maximum absolute atomic E-state index is 14.3. The highest BCUT2D eigenvalue weighted by Crippen LogP contribution is 2.40. The molecule has 0 aliphatic heterocycles. The zero-order valence-electron chi connectivity index (χ0n) is 14.4. The standard InChI is InChI=1S/C18H24F2N4/c1-17(2,3)24-12-14(22-23-24)11-21-18(8-4-5-9-18)15-7-6-13(19)10-16(15)20/h6-7,10,12,21H,4-5,8-9,11H2,1-3H3. The third-order valence-corrected chi connectivity index (χ3v) is 4.74. The molecule has 1 fully saturated rings. The van der Waals surface area contributed by atoms with Crippen LogP contribution in [0.4, 0.5) is 8.78 Å². The van der Waals surface area contributed by atoms with Crippen LogP contribution in [0.2, 0.25) is 0 Å². The van der Waals surface area contributed by atoms with E-state index >= 15 is 0 Å². The third kappa shape index (κ3) is 3.34. The molecule has 0 saturated heterocycles. The van der Waals surface area contributed by atoms with Crippen molar-refractivity contribution in [3.8, 4) is 0 Å². The first-order valence-electron chi connectivity index (χ1n) is 8.42. The summed E-state index contributed by atoms with van der Waals surface area (Å²) in [6.45, 7) is 6.69. The molecule has 1 aromatic heterocycles. The van der Waals surface area contributed by atoms with Crippen LogP contribution >= 0.6 is 0 Å². The summed E-state index contributed by atoms with van der Waals surface area (Å²) in [5, 5.41) is 11.8. The molecule has 1 saturated carbocycles. The largest absolute Gasteiger partial charge is 0.301 e. The van der Waals surface area contributed by atoms with Gasteiger partial charge in [-0.25, -0.2) is 13.5 Å². The minimum atomic E-state index is -0.544. The summed E-state index contributed by atoms with van der Waals surface area (Å²) >= 11 is 0. The SMILES string of the molecule is CC(C)(C)n1cc(CNC2(c3ccc(F)cc3F)CCCC2)nn1. The van der Waals surface area contributed by atoms with Gasteiger partial charge in [0.15, 0.2) is 0 Å². The summed E-state index contributed by atoms with van der Waals surface area (Å²) in [6.07, 6.45) is 5.64. The maximum atomic E-state index is 14.3. The number of halogens is 2. The van der Waals surface area contributed by atoms with Crippen molar-refractivity contribution in [1.29, 1.82) is 0 Å². The van der Waals surface area contributed by atoms with E-state index in [9.17, 15) is 8.78 Å². The minimum absolute atomic E-state index is 0.126. The van der Waals surface area contributed by atoms with Crippen LogP contribution in [0.1, 0.15) is 57.7 Å². The van der Waals surface area contributed by atoms with Gasteiger partial charge in [-0.05, 0) is 39.7 Å². The molecule has 1 aliphatic rings. The molecule has 1 aliphatic carbocycles. The molecule has 24 heavy (non-hydrogen) atoms. The Morgan fingerprint density at radius 3 is 2.50 bits per heavy atom. The monoisotopic (exact) mass is 334 g/mol. The zero-order valence-corrected chi connectivity index (χ0v) is 14.4. The fourth-order valence-electron chi connectivity index (χ4n) is 3.36. The average molecular weight is 334 g/mol. The highest BCUT2D eigenvalue weighted by Gasteiger charge is 2.37. The Balaban J connectivity index is 1.81. The Kier molecular flexibility index (Phi) is 4.42. The van der Waals surface area contributed by atoms with Gasteiger partial charge in [0.05, 0.1) is 17.4 Å².